The summed E-state index contributed by atoms with van der Waals surface area (Å²) in [5, 5.41) is 8.82. The number of ether oxygens (including phenoxy) is 2. The lowest BCUT2D eigenvalue weighted by molar-refractivity contribution is -0.138. The number of carbonyl (C=O) groups excluding carboxylic acids is 1. The maximum atomic E-state index is 12.7. The molecule has 6 aromatic carbocycles. The standard InChI is InChI=1S/C22H19NO6S.C18H13ClO3S/c24-15-18(14-22(25)26)23-30(27,28)21-9-5-4-8-20(21)29-19-12-10-17(11-13-19)16-6-2-1-3-7-16;19-23(20,21)18-9-5-4-8-17(18)22-16-12-10-15(11-13-16)14-6-2-1-3-7-14/h1-13,15,18,23H,14H2,(H,25,26);1-13H. The second-order valence-corrected chi connectivity index (χ2v) is 15.5. The summed E-state index contributed by atoms with van der Waals surface area (Å²) in [6, 6.07) is 45.1. The highest BCUT2D eigenvalue weighted by molar-refractivity contribution is 8.13. The van der Waals surface area contributed by atoms with Crippen LogP contribution in [0.2, 0.25) is 0 Å². The minimum Gasteiger partial charge on any atom is -0.481 e. The molecular weight excluding hydrogens is 738 g/mol. The Morgan fingerprint density at radius 2 is 0.962 bits per heavy atom. The van der Waals surface area contributed by atoms with E-state index in [2.05, 4.69) is 4.72 Å². The lowest BCUT2D eigenvalue weighted by atomic mass is 10.1. The first-order chi connectivity index (χ1) is 25.4. The van der Waals surface area contributed by atoms with E-state index in [9.17, 15) is 26.4 Å². The number of carboxylic acids is 1. The first-order valence-electron chi connectivity index (χ1n) is 15.9. The molecule has 0 amide bonds. The van der Waals surface area contributed by atoms with Gasteiger partial charge in [0.2, 0.25) is 10.0 Å². The molecule has 0 aromatic heterocycles. The highest BCUT2D eigenvalue weighted by Crippen LogP contribution is 2.33. The van der Waals surface area contributed by atoms with Gasteiger partial charge in [-0.3, -0.25) is 4.79 Å². The van der Waals surface area contributed by atoms with Crippen LogP contribution < -0.4 is 14.2 Å². The van der Waals surface area contributed by atoms with Gasteiger partial charge in [-0.15, -0.1) is 0 Å². The fourth-order valence-electron chi connectivity index (χ4n) is 5.01. The third-order valence-corrected chi connectivity index (χ3v) is 10.4. The molecule has 0 radical (unpaired) electrons. The number of para-hydroxylation sites is 2. The molecule has 1 atom stereocenters. The van der Waals surface area contributed by atoms with Crippen molar-refractivity contribution in [3.05, 3.63) is 158 Å². The zero-order valence-corrected chi connectivity index (χ0v) is 30.2. The predicted octanol–water partition coefficient (Wildman–Crippen LogP) is 8.54. The van der Waals surface area contributed by atoms with Crippen LogP contribution in [0.25, 0.3) is 22.3 Å². The average molecular weight is 770 g/mol. The molecule has 0 bridgehead atoms. The molecule has 270 valence electrons. The number of rotatable bonds is 13. The summed E-state index contributed by atoms with van der Waals surface area (Å²) in [6.45, 7) is 0. The highest BCUT2D eigenvalue weighted by atomic mass is 35.7. The van der Waals surface area contributed by atoms with Crippen molar-refractivity contribution in [1.29, 1.82) is 0 Å². The second-order valence-electron chi connectivity index (χ2n) is 11.3. The Labute approximate surface area is 311 Å². The molecule has 0 heterocycles. The maximum absolute atomic E-state index is 12.7. The molecule has 6 rings (SSSR count). The van der Waals surface area contributed by atoms with Crippen LogP contribution in [-0.2, 0) is 28.7 Å². The number of aldehydes is 1. The lowest BCUT2D eigenvalue weighted by Crippen LogP contribution is -2.37. The lowest BCUT2D eigenvalue weighted by Gasteiger charge is -2.15. The van der Waals surface area contributed by atoms with Crippen molar-refractivity contribution in [2.75, 3.05) is 0 Å². The van der Waals surface area contributed by atoms with Crippen molar-refractivity contribution in [3.8, 4) is 45.3 Å². The van der Waals surface area contributed by atoms with Gasteiger partial charge in [0.15, 0.2) is 0 Å². The van der Waals surface area contributed by atoms with Crippen molar-refractivity contribution < 1.29 is 41.0 Å². The fourth-order valence-corrected chi connectivity index (χ4v) is 7.28. The minimum absolute atomic E-state index is 0.0474. The molecule has 0 saturated carbocycles. The molecule has 0 saturated heterocycles. The van der Waals surface area contributed by atoms with Crippen LogP contribution in [0.1, 0.15) is 6.42 Å². The third kappa shape index (κ3) is 10.9. The molecule has 10 nitrogen and oxygen atoms in total. The van der Waals surface area contributed by atoms with E-state index in [-0.39, 0.29) is 27.6 Å². The number of carbonyl (C=O) groups is 2. The van der Waals surface area contributed by atoms with Crippen LogP contribution in [0.5, 0.6) is 23.0 Å². The van der Waals surface area contributed by atoms with E-state index in [0.29, 0.717) is 11.5 Å². The van der Waals surface area contributed by atoms with Gasteiger partial charge in [0.25, 0.3) is 9.05 Å². The van der Waals surface area contributed by atoms with Crippen LogP contribution in [0.3, 0.4) is 0 Å². The van der Waals surface area contributed by atoms with Crippen molar-refractivity contribution in [1.82, 2.24) is 4.72 Å². The molecule has 0 fully saturated rings. The smallest absolute Gasteiger partial charge is 0.305 e. The topological polar surface area (TPSA) is 153 Å². The molecule has 6 aromatic rings. The number of nitrogens with one attached hydrogen (secondary N) is 1. The highest BCUT2D eigenvalue weighted by Gasteiger charge is 2.25. The average Bonchev–Trinajstić information content (AvgIpc) is 3.16. The molecule has 53 heavy (non-hydrogen) atoms. The summed E-state index contributed by atoms with van der Waals surface area (Å²) >= 11 is 0. The first-order valence-corrected chi connectivity index (χ1v) is 19.7. The molecule has 0 spiro atoms. The fraction of sp³-hybridized carbons (Fsp3) is 0.0500. The molecule has 1 unspecified atom stereocenters. The summed E-state index contributed by atoms with van der Waals surface area (Å²) in [5.74, 6) is -0.0718. The number of benzene rings is 6. The first kappa shape index (κ1) is 38.4. The number of halogens is 1. The monoisotopic (exact) mass is 769 g/mol. The Morgan fingerprint density at radius 3 is 1.38 bits per heavy atom. The largest absolute Gasteiger partial charge is 0.481 e. The number of sulfonamides is 1. The van der Waals surface area contributed by atoms with Crippen LogP contribution >= 0.6 is 10.7 Å². The zero-order chi connectivity index (χ0) is 37.8. The number of hydrogen-bond donors (Lipinski definition) is 2. The third-order valence-electron chi connectivity index (χ3n) is 7.49. The molecule has 13 heteroatoms. The van der Waals surface area contributed by atoms with E-state index in [4.69, 9.17) is 25.3 Å². The summed E-state index contributed by atoms with van der Waals surface area (Å²) < 4.78 is 62.0. The molecular formula is C40H32ClNO9S2. The van der Waals surface area contributed by atoms with E-state index in [0.717, 1.165) is 22.3 Å². The number of aliphatic carboxylic acids is 1. The van der Waals surface area contributed by atoms with Crippen molar-refractivity contribution in [2.24, 2.45) is 0 Å². The number of carboxylic acid groups (broad SMARTS) is 1. The number of hydrogen-bond acceptors (Lipinski definition) is 8. The minimum atomic E-state index is -4.19. The molecule has 2 N–H and O–H groups in total. The van der Waals surface area contributed by atoms with E-state index < -0.39 is 37.5 Å². The predicted molar refractivity (Wildman–Crippen MR) is 202 cm³/mol. The van der Waals surface area contributed by atoms with Gasteiger partial charge in [-0.2, -0.15) is 0 Å². The zero-order valence-electron chi connectivity index (χ0n) is 27.8. The summed E-state index contributed by atoms with van der Waals surface area (Å²) in [4.78, 5) is 21.6. The molecule has 0 aliphatic carbocycles. The normalized spacial score (nSPS) is 11.7. The van der Waals surface area contributed by atoms with Crippen LogP contribution in [0.4, 0.5) is 0 Å². The van der Waals surface area contributed by atoms with Crippen LogP contribution in [-0.4, -0.2) is 40.2 Å². The van der Waals surface area contributed by atoms with Gasteiger partial charge in [0.1, 0.15) is 39.1 Å². The van der Waals surface area contributed by atoms with Gasteiger partial charge < -0.3 is 19.4 Å². The Bertz CT molecular complexity index is 2370. The molecule has 0 aliphatic rings. The quantitative estimate of drug-likeness (QED) is 0.0869. The van der Waals surface area contributed by atoms with Gasteiger partial charge in [-0.25, -0.2) is 21.6 Å². The van der Waals surface area contributed by atoms with Gasteiger partial charge in [0, 0.05) is 10.7 Å². The van der Waals surface area contributed by atoms with Crippen molar-refractivity contribution >= 4 is 42.0 Å². The van der Waals surface area contributed by atoms with Gasteiger partial charge in [-0.1, -0.05) is 109 Å². The maximum Gasteiger partial charge on any atom is 0.305 e. The van der Waals surface area contributed by atoms with Gasteiger partial charge in [-0.05, 0) is 70.8 Å². The summed E-state index contributed by atoms with van der Waals surface area (Å²) in [6.07, 6.45) is -0.413. The van der Waals surface area contributed by atoms with Crippen molar-refractivity contribution in [3.63, 3.8) is 0 Å². The van der Waals surface area contributed by atoms with Crippen LogP contribution in [0.15, 0.2) is 168 Å². The van der Waals surface area contributed by atoms with Gasteiger partial charge >= 0.3 is 5.97 Å². The van der Waals surface area contributed by atoms with E-state index in [1.54, 1.807) is 48.5 Å². The Morgan fingerprint density at radius 1 is 0.585 bits per heavy atom. The SMILES string of the molecule is O=CC(CC(=O)O)NS(=O)(=O)c1ccccc1Oc1ccc(-c2ccccc2)cc1.O=S(=O)(Cl)c1ccccc1Oc1ccc(-c2ccccc2)cc1. The van der Waals surface area contributed by atoms with Crippen molar-refractivity contribution in [2.45, 2.75) is 22.3 Å². The Kier molecular flexibility index (Phi) is 12.8. The Balaban J connectivity index is 0.000000211. The second kappa shape index (κ2) is 17.6. The van der Waals surface area contributed by atoms with E-state index >= 15 is 0 Å². The Hall–Kier alpha value is -5.79. The molecule has 0 aliphatic heterocycles. The van der Waals surface area contributed by atoms with E-state index in [1.807, 2.05) is 84.9 Å². The van der Waals surface area contributed by atoms with Gasteiger partial charge in [0.05, 0.1) is 12.5 Å². The summed E-state index contributed by atoms with van der Waals surface area (Å²) in [7, 11) is -2.62. The summed E-state index contributed by atoms with van der Waals surface area (Å²) in [5.41, 5.74) is 4.17. The van der Waals surface area contributed by atoms with E-state index in [1.165, 1.54) is 24.3 Å². The van der Waals surface area contributed by atoms with Crippen LogP contribution in [0, 0.1) is 0 Å².